The molecule has 0 aliphatic carbocycles. The van der Waals surface area contributed by atoms with Gasteiger partial charge >= 0.3 is 0 Å². The first-order valence-electron chi connectivity index (χ1n) is 7.96. The van der Waals surface area contributed by atoms with Gasteiger partial charge in [0.15, 0.2) is 0 Å². The van der Waals surface area contributed by atoms with E-state index in [2.05, 4.69) is 15.6 Å². The molecule has 1 aromatic heterocycles. The van der Waals surface area contributed by atoms with Crippen LogP contribution in [0.1, 0.15) is 49.8 Å². The average molecular weight is 342 g/mol. The highest BCUT2D eigenvalue weighted by Crippen LogP contribution is 2.29. The summed E-state index contributed by atoms with van der Waals surface area (Å²) in [5, 5.41) is 17.3. The summed E-state index contributed by atoms with van der Waals surface area (Å²) in [6.07, 6.45) is 1.67. The average Bonchev–Trinajstić information content (AvgIpc) is 2.54. The van der Waals surface area contributed by atoms with Gasteiger partial charge in [-0.3, -0.25) is 19.9 Å². The van der Waals surface area contributed by atoms with Gasteiger partial charge in [-0.1, -0.05) is 6.07 Å². The second kappa shape index (κ2) is 7.29. The normalized spacial score (nSPS) is 12.3. The number of rotatable bonds is 5. The minimum Gasteiger partial charge on any atom is -0.371 e. The summed E-state index contributed by atoms with van der Waals surface area (Å²) in [5.74, 6) is -0.347. The molecule has 2 N–H and O–H groups in total. The van der Waals surface area contributed by atoms with Crippen LogP contribution in [0.4, 0.5) is 11.4 Å². The van der Waals surface area contributed by atoms with Gasteiger partial charge in [0.2, 0.25) is 0 Å². The predicted molar refractivity (Wildman–Crippen MR) is 96.6 cm³/mol. The number of pyridine rings is 1. The summed E-state index contributed by atoms with van der Waals surface area (Å²) in [5.41, 5.74) is 0.792. The number of nitro groups is 1. The lowest BCUT2D eigenvalue weighted by Crippen LogP contribution is -2.40. The highest BCUT2D eigenvalue weighted by Gasteiger charge is 2.21. The SMILES string of the molecule is C[C@H](Nc1ccc(C(=O)NC(C)(C)C)cc1[N+](=O)[O-])c1ccccn1. The van der Waals surface area contributed by atoms with Gasteiger partial charge in [0.1, 0.15) is 5.69 Å². The minimum atomic E-state index is -0.499. The van der Waals surface area contributed by atoms with Crippen LogP contribution in [0.15, 0.2) is 42.6 Å². The number of hydrogen-bond acceptors (Lipinski definition) is 5. The largest absolute Gasteiger partial charge is 0.371 e. The zero-order valence-electron chi connectivity index (χ0n) is 14.7. The highest BCUT2D eigenvalue weighted by molar-refractivity contribution is 5.96. The van der Waals surface area contributed by atoms with E-state index in [1.54, 1.807) is 24.4 Å². The van der Waals surface area contributed by atoms with Crippen molar-refractivity contribution in [2.45, 2.75) is 39.3 Å². The van der Waals surface area contributed by atoms with Crippen molar-refractivity contribution in [3.8, 4) is 0 Å². The Morgan fingerprint density at radius 1 is 1.24 bits per heavy atom. The number of nitrogens with one attached hydrogen (secondary N) is 2. The zero-order valence-corrected chi connectivity index (χ0v) is 14.7. The third-order valence-electron chi connectivity index (χ3n) is 3.45. The van der Waals surface area contributed by atoms with Crippen molar-refractivity contribution in [2.75, 3.05) is 5.32 Å². The van der Waals surface area contributed by atoms with Gasteiger partial charge in [0.05, 0.1) is 16.7 Å². The Kier molecular flexibility index (Phi) is 5.36. The molecular weight excluding hydrogens is 320 g/mol. The molecule has 0 spiro atoms. The number of carbonyl (C=O) groups excluding carboxylic acids is 1. The van der Waals surface area contributed by atoms with Gasteiger partial charge in [-0.25, -0.2) is 0 Å². The van der Waals surface area contributed by atoms with Crippen molar-refractivity contribution in [1.82, 2.24) is 10.3 Å². The van der Waals surface area contributed by atoms with Crippen molar-refractivity contribution in [3.05, 3.63) is 64.0 Å². The molecule has 0 radical (unpaired) electrons. The van der Waals surface area contributed by atoms with E-state index in [9.17, 15) is 14.9 Å². The third kappa shape index (κ3) is 5.00. The fourth-order valence-electron chi connectivity index (χ4n) is 2.30. The van der Waals surface area contributed by atoms with Crippen molar-refractivity contribution < 1.29 is 9.72 Å². The highest BCUT2D eigenvalue weighted by atomic mass is 16.6. The molecule has 0 saturated heterocycles. The second-order valence-corrected chi connectivity index (χ2v) is 6.81. The lowest BCUT2D eigenvalue weighted by molar-refractivity contribution is -0.384. The molecule has 0 aliphatic heterocycles. The topological polar surface area (TPSA) is 97.2 Å². The van der Waals surface area contributed by atoms with Gasteiger partial charge in [0.25, 0.3) is 11.6 Å². The number of carbonyl (C=O) groups is 1. The van der Waals surface area contributed by atoms with E-state index in [-0.39, 0.29) is 23.2 Å². The molecular formula is C18H22N4O3. The van der Waals surface area contributed by atoms with E-state index < -0.39 is 10.5 Å². The van der Waals surface area contributed by atoms with Gasteiger partial charge in [0, 0.05) is 23.4 Å². The molecule has 25 heavy (non-hydrogen) atoms. The molecule has 0 bridgehead atoms. The molecule has 7 heteroatoms. The zero-order chi connectivity index (χ0) is 18.6. The molecule has 1 amide bonds. The van der Waals surface area contributed by atoms with Gasteiger partial charge in [-0.15, -0.1) is 0 Å². The van der Waals surface area contributed by atoms with Gasteiger partial charge < -0.3 is 10.6 Å². The van der Waals surface area contributed by atoms with E-state index in [4.69, 9.17) is 0 Å². The number of benzene rings is 1. The van der Waals surface area contributed by atoms with Crippen LogP contribution in [0, 0.1) is 10.1 Å². The van der Waals surface area contributed by atoms with Crippen LogP contribution in [0.3, 0.4) is 0 Å². The van der Waals surface area contributed by atoms with Crippen LogP contribution in [0.5, 0.6) is 0 Å². The van der Waals surface area contributed by atoms with Gasteiger partial charge in [-0.05, 0) is 52.0 Å². The van der Waals surface area contributed by atoms with E-state index >= 15 is 0 Å². The first kappa shape index (κ1) is 18.4. The maximum atomic E-state index is 12.2. The molecule has 0 saturated carbocycles. The molecule has 0 fully saturated rings. The van der Waals surface area contributed by atoms with E-state index in [0.717, 1.165) is 5.69 Å². The van der Waals surface area contributed by atoms with Crippen LogP contribution in [-0.2, 0) is 0 Å². The van der Waals surface area contributed by atoms with Crippen LogP contribution in [0.2, 0.25) is 0 Å². The number of nitrogens with zero attached hydrogens (tertiary/aromatic N) is 2. The Morgan fingerprint density at radius 2 is 1.96 bits per heavy atom. The lowest BCUT2D eigenvalue weighted by atomic mass is 10.1. The fourth-order valence-corrected chi connectivity index (χ4v) is 2.30. The van der Waals surface area contributed by atoms with Crippen molar-refractivity contribution in [3.63, 3.8) is 0 Å². The molecule has 2 aromatic rings. The van der Waals surface area contributed by atoms with E-state index in [1.165, 1.54) is 6.07 Å². The predicted octanol–water partition coefficient (Wildman–Crippen LogP) is 3.69. The molecule has 2 rings (SSSR count). The van der Waals surface area contributed by atoms with Crippen molar-refractivity contribution in [2.24, 2.45) is 0 Å². The van der Waals surface area contributed by atoms with Crippen LogP contribution < -0.4 is 10.6 Å². The van der Waals surface area contributed by atoms with Crippen molar-refractivity contribution >= 4 is 17.3 Å². The molecule has 0 unspecified atom stereocenters. The molecule has 1 atom stereocenters. The summed E-state index contributed by atoms with van der Waals surface area (Å²) in [4.78, 5) is 27.4. The van der Waals surface area contributed by atoms with E-state index in [0.29, 0.717) is 5.69 Å². The summed E-state index contributed by atoms with van der Waals surface area (Å²) in [6, 6.07) is 9.70. The lowest BCUT2D eigenvalue weighted by Gasteiger charge is -2.20. The number of aromatic nitrogens is 1. The Morgan fingerprint density at radius 3 is 2.52 bits per heavy atom. The summed E-state index contributed by atoms with van der Waals surface area (Å²) >= 11 is 0. The standard InChI is InChI=1S/C18H22N4O3/c1-12(14-7-5-6-10-19-14)20-15-9-8-13(11-16(15)22(24)25)17(23)21-18(2,3)4/h5-12,20H,1-4H3,(H,21,23)/t12-/m0/s1. The first-order valence-corrected chi connectivity index (χ1v) is 7.96. The minimum absolute atomic E-state index is 0.149. The monoisotopic (exact) mass is 342 g/mol. The Labute approximate surface area is 146 Å². The molecule has 132 valence electrons. The Bertz CT molecular complexity index is 770. The molecule has 1 aromatic carbocycles. The fraction of sp³-hybridized carbons (Fsp3) is 0.333. The van der Waals surface area contributed by atoms with Crippen molar-refractivity contribution in [1.29, 1.82) is 0 Å². The number of amides is 1. The van der Waals surface area contributed by atoms with Crippen LogP contribution in [0.25, 0.3) is 0 Å². The maximum absolute atomic E-state index is 12.2. The number of anilines is 1. The molecule has 0 aliphatic rings. The van der Waals surface area contributed by atoms with Crippen LogP contribution >= 0.6 is 0 Å². The second-order valence-electron chi connectivity index (χ2n) is 6.81. The third-order valence-corrected chi connectivity index (χ3v) is 3.45. The summed E-state index contributed by atoms with van der Waals surface area (Å²) in [6.45, 7) is 7.42. The maximum Gasteiger partial charge on any atom is 0.293 e. The number of nitro benzene ring substituents is 1. The Hall–Kier alpha value is -2.96. The molecule has 7 nitrogen and oxygen atoms in total. The summed E-state index contributed by atoms with van der Waals surface area (Å²) < 4.78 is 0. The number of hydrogen-bond donors (Lipinski definition) is 2. The van der Waals surface area contributed by atoms with E-state index in [1.807, 2.05) is 39.8 Å². The smallest absolute Gasteiger partial charge is 0.293 e. The van der Waals surface area contributed by atoms with Gasteiger partial charge in [-0.2, -0.15) is 0 Å². The van der Waals surface area contributed by atoms with Crippen LogP contribution in [-0.4, -0.2) is 21.4 Å². The Balaban J connectivity index is 2.27. The molecule has 1 heterocycles. The summed E-state index contributed by atoms with van der Waals surface area (Å²) in [7, 11) is 0. The quantitative estimate of drug-likeness (QED) is 0.638. The first-order chi connectivity index (χ1) is 11.7.